The van der Waals surface area contributed by atoms with E-state index in [9.17, 15) is 14.9 Å². The normalized spacial score (nSPS) is 11.8. The highest BCUT2D eigenvalue weighted by Crippen LogP contribution is 2.32. The summed E-state index contributed by atoms with van der Waals surface area (Å²) in [5, 5.41) is 15.1. The van der Waals surface area contributed by atoms with Gasteiger partial charge in [-0.3, -0.25) is 14.9 Å². The predicted molar refractivity (Wildman–Crippen MR) is 103 cm³/mol. The van der Waals surface area contributed by atoms with E-state index >= 15 is 0 Å². The quantitative estimate of drug-likeness (QED) is 0.324. The lowest BCUT2D eigenvalue weighted by molar-refractivity contribution is -0.386. The highest BCUT2D eigenvalue weighted by molar-refractivity contribution is 5.96. The molecule has 7 nitrogen and oxygen atoms in total. The molecule has 0 radical (unpaired) electrons. The summed E-state index contributed by atoms with van der Waals surface area (Å²) in [6.45, 7) is 1.53. The Labute approximate surface area is 162 Å². The van der Waals surface area contributed by atoms with Crippen LogP contribution < -0.4 is 4.74 Å². The van der Waals surface area contributed by atoms with E-state index in [-0.39, 0.29) is 41.7 Å². The first-order valence-electron chi connectivity index (χ1n) is 8.81. The molecule has 1 atom stereocenters. The molecule has 7 heteroatoms. The molecule has 1 aromatic heterocycles. The van der Waals surface area contributed by atoms with Gasteiger partial charge in [-0.1, -0.05) is 47.6 Å². The van der Waals surface area contributed by atoms with Gasteiger partial charge in [0.25, 0.3) is 0 Å². The van der Waals surface area contributed by atoms with Gasteiger partial charge in [0.1, 0.15) is 5.75 Å². The molecule has 0 fully saturated rings. The maximum Gasteiger partial charge on any atom is 0.334 e. The minimum atomic E-state index is -0.495. The van der Waals surface area contributed by atoms with Crippen molar-refractivity contribution in [2.75, 3.05) is 7.11 Å². The Kier molecular flexibility index (Phi) is 5.84. The number of carbonyl (C=O) groups is 1. The van der Waals surface area contributed by atoms with Gasteiger partial charge in [-0.2, -0.15) is 0 Å². The second-order valence-corrected chi connectivity index (χ2v) is 6.46. The molecule has 0 saturated heterocycles. The molecule has 0 amide bonds. The van der Waals surface area contributed by atoms with E-state index in [1.165, 1.54) is 6.92 Å². The summed E-state index contributed by atoms with van der Waals surface area (Å²) in [7, 11) is 1.58. The third kappa shape index (κ3) is 4.25. The summed E-state index contributed by atoms with van der Waals surface area (Å²) in [6, 6.07) is 16.3. The molecule has 3 rings (SSSR count). The Morgan fingerprint density at radius 1 is 1.18 bits per heavy atom. The molecule has 0 N–H and O–H groups in total. The number of methoxy groups -OCH3 is 1. The first kappa shape index (κ1) is 19.3. The molecule has 3 aromatic rings. The van der Waals surface area contributed by atoms with Gasteiger partial charge < -0.3 is 9.26 Å². The molecule has 144 valence electrons. The summed E-state index contributed by atoms with van der Waals surface area (Å²) in [5.41, 5.74) is 1.56. The van der Waals surface area contributed by atoms with Crippen molar-refractivity contribution in [2.24, 2.45) is 0 Å². The molecule has 0 saturated carbocycles. The van der Waals surface area contributed by atoms with Gasteiger partial charge >= 0.3 is 5.69 Å². The molecule has 0 aliphatic heterocycles. The summed E-state index contributed by atoms with van der Waals surface area (Å²) >= 11 is 0. The number of nitrogens with zero attached hydrogens (tertiary/aromatic N) is 2. The standard InChI is InChI=1S/C21H20N2O5/c1-14-21(23(25)26)20(28-22-14)13-17(15-8-10-18(27-2)11-9-15)12-19(24)16-6-4-3-5-7-16/h3-11,17H,12-13H2,1-2H3/t17-/m0/s1. The highest BCUT2D eigenvalue weighted by atomic mass is 16.6. The second-order valence-electron chi connectivity index (χ2n) is 6.46. The Morgan fingerprint density at radius 3 is 2.46 bits per heavy atom. The Hall–Kier alpha value is -3.48. The Bertz CT molecular complexity index is 964. The number of rotatable bonds is 8. The lowest BCUT2D eigenvalue weighted by Crippen LogP contribution is -2.11. The minimum absolute atomic E-state index is 0.0414. The van der Waals surface area contributed by atoms with Crippen LogP contribution >= 0.6 is 0 Å². The van der Waals surface area contributed by atoms with Crippen LogP contribution in [0.4, 0.5) is 5.69 Å². The number of hydrogen-bond donors (Lipinski definition) is 0. The van der Waals surface area contributed by atoms with Crippen molar-refractivity contribution < 1.29 is 19.0 Å². The summed E-state index contributed by atoms with van der Waals surface area (Å²) in [4.78, 5) is 23.6. The van der Waals surface area contributed by atoms with Crippen LogP contribution in [0, 0.1) is 17.0 Å². The fraction of sp³-hybridized carbons (Fsp3) is 0.238. The molecule has 1 heterocycles. The molecule has 2 aromatic carbocycles. The number of benzene rings is 2. The maximum absolute atomic E-state index is 12.8. The monoisotopic (exact) mass is 380 g/mol. The zero-order valence-electron chi connectivity index (χ0n) is 15.6. The molecular formula is C21H20N2O5. The van der Waals surface area contributed by atoms with Gasteiger partial charge in [0.05, 0.1) is 12.0 Å². The average Bonchev–Trinajstić information content (AvgIpc) is 3.08. The first-order chi connectivity index (χ1) is 13.5. The first-order valence-corrected chi connectivity index (χ1v) is 8.81. The van der Waals surface area contributed by atoms with Crippen molar-refractivity contribution >= 4 is 11.5 Å². The van der Waals surface area contributed by atoms with Crippen molar-refractivity contribution in [3.8, 4) is 5.75 Å². The largest absolute Gasteiger partial charge is 0.497 e. The summed E-state index contributed by atoms with van der Waals surface area (Å²) in [5.74, 6) is 0.521. The third-order valence-electron chi connectivity index (χ3n) is 4.63. The summed E-state index contributed by atoms with van der Waals surface area (Å²) < 4.78 is 10.4. The van der Waals surface area contributed by atoms with E-state index in [4.69, 9.17) is 9.26 Å². The maximum atomic E-state index is 12.8. The Balaban J connectivity index is 1.92. The van der Waals surface area contributed by atoms with Crippen LogP contribution in [0.3, 0.4) is 0 Å². The van der Waals surface area contributed by atoms with Crippen LogP contribution in [0.5, 0.6) is 5.75 Å². The van der Waals surface area contributed by atoms with Crippen LogP contribution in [-0.4, -0.2) is 23.0 Å². The lowest BCUT2D eigenvalue weighted by atomic mass is 9.88. The van der Waals surface area contributed by atoms with Gasteiger partial charge in [0.15, 0.2) is 11.5 Å². The fourth-order valence-electron chi connectivity index (χ4n) is 3.15. The summed E-state index contributed by atoms with van der Waals surface area (Å²) in [6.07, 6.45) is 0.384. The molecule has 0 aliphatic rings. The zero-order valence-corrected chi connectivity index (χ0v) is 15.6. The van der Waals surface area contributed by atoms with Crippen molar-refractivity contribution in [3.63, 3.8) is 0 Å². The molecule has 0 spiro atoms. The average molecular weight is 380 g/mol. The number of hydrogen-bond acceptors (Lipinski definition) is 6. The molecular weight excluding hydrogens is 360 g/mol. The van der Waals surface area contributed by atoms with Crippen LogP contribution in [0.2, 0.25) is 0 Å². The minimum Gasteiger partial charge on any atom is -0.497 e. The van der Waals surface area contributed by atoms with Gasteiger partial charge in [-0.25, -0.2) is 0 Å². The number of ketones is 1. The number of carbonyl (C=O) groups excluding carboxylic acids is 1. The van der Waals surface area contributed by atoms with E-state index in [2.05, 4.69) is 5.16 Å². The van der Waals surface area contributed by atoms with Gasteiger partial charge in [-0.15, -0.1) is 0 Å². The van der Waals surface area contributed by atoms with Crippen LogP contribution in [0.25, 0.3) is 0 Å². The molecule has 28 heavy (non-hydrogen) atoms. The van der Waals surface area contributed by atoms with E-state index in [0.29, 0.717) is 11.3 Å². The van der Waals surface area contributed by atoms with Gasteiger partial charge in [-0.05, 0) is 30.5 Å². The number of aryl methyl sites for hydroxylation is 1. The number of ether oxygens (including phenoxy) is 1. The van der Waals surface area contributed by atoms with Gasteiger partial charge in [0, 0.05) is 18.4 Å². The fourth-order valence-corrected chi connectivity index (χ4v) is 3.15. The van der Waals surface area contributed by atoms with E-state index in [1.54, 1.807) is 43.5 Å². The topological polar surface area (TPSA) is 95.5 Å². The predicted octanol–water partition coefficient (Wildman–Crippen LogP) is 4.50. The third-order valence-corrected chi connectivity index (χ3v) is 4.63. The highest BCUT2D eigenvalue weighted by Gasteiger charge is 2.28. The molecule has 0 aliphatic carbocycles. The van der Waals surface area contributed by atoms with Crippen molar-refractivity contribution in [2.45, 2.75) is 25.7 Å². The zero-order chi connectivity index (χ0) is 20.1. The van der Waals surface area contributed by atoms with Crippen molar-refractivity contribution in [1.82, 2.24) is 5.16 Å². The van der Waals surface area contributed by atoms with Crippen LogP contribution in [0.15, 0.2) is 59.1 Å². The van der Waals surface area contributed by atoms with E-state index < -0.39 is 4.92 Å². The number of Topliss-reactive ketones (excluding diaryl/α,β-unsaturated/α-hetero) is 1. The number of nitro groups is 1. The SMILES string of the molecule is COc1ccc([C@@H](CC(=O)c2ccccc2)Cc2onc(C)c2[N+](=O)[O-])cc1. The smallest absolute Gasteiger partial charge is 0.334 e. The van der Waals surface area contributed by atoms with E-state index in [1.807, 2.05) is 18.2 Å². The van der Waals surface area contributed by atoms with E-state index in [0.717, 1.165) is 5.56 Å². The van der Waals surface area contributed by atoms with Gasteiger partial charge in [0.2, 0.25) is 5.76 Å². The van der Waals surface area contributed by atoms with Crippen molar-refractivity contribution in [1.29, 1.82) is 0 Å². The Morgan fingerprint density at radius 2 is 1.86 bits per heavy atom. The molecule has 0 unspecified atom stereocenters. The lowest BCUT2D eigenvalue weighted by Gasteiger charge is -2.16. The van der Waals surface area contributed by atoms with Crippen molar-refractivity contribution in [3.05, 3.63) is 87.3 Å². The van der Waals surface area contributed by atoms with Crippen LogP contribution in [-0.2, 0) is 6.42 Å². The second kappa shape index (κ2) is 8.47. The molecule has 0 bridgehead atoms. The van der Waals surface area contributed by atoms with Crippen LogP contribution in [0.1, 0.15) is 39.7 Å². The number of aromatic nitrogens is 1.